The topological polar surface area (TPSA) is 29.1 Å². The molecule has 2 rings (SSSR count). The van der Waals surface area contributed by atoms with Crippen molar-refractivity contribution in [2.24, 2.45) is 5.92 Å². The van der Waals surface area contributed by atoms with Gasteiger partial charge in [-0.25, -0.2) is 0 Å². The van der Waals surface area contributed by atoms with Gasteiger partial charge >= 0.3 is 0 Å². The van der Waals surface area contributed by atoms with Crippen molar-refractivity contribution in [3.8, 4) is 0 Å². The highest BCUT2D eigenvalue weighted by Gasteiger charge is 2.30. The van der Waals surface area contributed by atoms with Crippen LogP contribution in [0.4, 0.5) is 0 Å². The summed E-state index contributed by atoms with van der Waals surface area (Å²) in [5.41, 5.74) is 1.15. The van der Waals surface area contributed by atoms with Crippen LogP contribution in [0.3, 0.4) is 0 Å². The van der Waals surface area contributed by atoms with Crippen molar-refractivity contribution in [1.82, 2.24) is 5.32 Å². The second-order valence-electron chi connectivity index (χ2n) is 4.06. The average Bonchev–Trinajstić information content (AvgIpc) is 3.01. The first-order valence-corrected chi connectivity index (χ1v) is 6.02. The Morgan fingerprint density at radius 1 is 1.40 bits per heavy atom. The third kappa shape index (κ3) is 2.81. The molecule has 3 heteroatoms. The normalized spacial score (nSPS) is 17.2. The summed E-state index contributed by atoms with van der Waals surface area (Å²) >= 11 is 3.39. The predicted octanol–water partition coefficient (Wildman–Crippen LogP) is 3.04. The maximum absolute atomic E-state index is 11.5. The molecule has 0 radical (unpaired) electrons. The number of hydrogen-bond acceptors (Lipinski definition) is 1. The summed E-state index contributed by atoms with van der Waals surface area (Å²) in [4.78, 5) is 11.5. The van der Waals surface area contributed by atoms with Crippen LogP contribution in [0.5, 0.6) is 0 Å². The molecule has 1 saturated carbocycles. The zero-order valence-corrected chi connectivity index (χ0v) is 10.3. The van der Waals surface area contributed by atoms with Crippen molar-refractivity contribution in [2.75, 3.05) is 0 Å². The molecule has 0 saturated heterocycles. The maximum Gasteiger partial charge on any atom is 0.223 e. The number of amides is 1. The fraction of sp³-hybridized carbons (Fsp3) is 0.417. The molecule has 1 aliphatic carbocycles. The summed E-state index contributed by atoms with van der Waals surface area (Å²) in [7, 11) is 0. The zero-order valence-electron chi connectivity index (χ0n) is 8.66. The number of rotatable bonds is 3. The quantitative estimate of drug-likeness (QED) is 0.896. The Balaban J connectivity index is 1.97. The van der Waals surface area contributed by atoms with Gasteiger partial charge in [-0.15, -0.1) is 0 Å². The first-order chi connectivity index (χ1) is 7.16. The van der Waals surface area contributed by atoms with Crippen molar-refractivity contribution in [2.45, 2.75) is 25.8 Å². The monoisotopic (exact) mass is 267 g/mol. The summed E-state index contributed by atoms with van der Waals surface area (Å²) < 4.78 is 1.06. The standard InChI is InChI=1S/C12H14BrNO/c1-8(14-12(15)10-2-3-10)9-4-6-11(13)7-5-9/h4-8,10H,2-3H2,1H3,(H,14,15)/t8-/m1/s1. The molecule has 1 aliphatic rings. The van der Waals surface area contributed by atoms with Crippen molar-refractivity contribution in [1.29, 1.82) is 0 Å². The highest BCUT2D eigenvalue weighted by atomic mass is 79.9. The summed E-state index contributed by atoms with van der Waals surface area (Å²) in [6.07, 6.45) is 2.11. The van der Waals surface area contributed by atoms with E-state index in [2.05, 4.69) is 21.2 Å². The highest BCUT2D eigenvalue weighted by Crippen LogP contribution is 2.29. The minimum absolute atomic E-state index is 0.103. The lowest BCUT2D eigenvalue weighted by Gasteiger charge is -2.14. The average molecular weight is 268 g/mol. The Hall–Kier alpha value is -0.830. The molecule has 1 amide bonds. The smallest absolute Gasteiger partial charge is 0.223 e. The molecule has 15 heavy (non-hydrogen) atoms. The van der Waals surface area contributed by atoms with Crippen LogP contribution in [-0.4, -0.2) is 5.91 Å². The number of carbonyl (C=O) groups excluding carboxylic acids is 1. The third-order valence-corrected chi connectivity index (χ3v) is 3.21. The van der Waals surface area contributed by atoms with Gasteiger partial charge in [0.05, 0.1) is 6.04 Å². The van der Waals surface area contributed by atoms with E-state index in [0.717, 1.165) is 22.9 Å². The van der Waals surface area contributed by atoms with Crippen LogP contribution in [0.25, 0.3) is 0 Å². The number of carbonyl (C=O) groups is 1. The fourth-order valence-corrected chi connectivity index (χ4v) is 1.78. The summed E-state index contributed by atoms with van der Waals surface area (Å²) in [6.45, 7) is 2.02. The molecule has 0 aromatic heterocycles. The second kappa shape index (κ2) is 4.35. The Morgan fingerprint density at radius 2 is 2.00 bits per heavy atom. The molecule has 1 N–H and O–H groups in total. The summed E-state index contributed by atoms with van der Waals surface area (Å²) in [5, 5.41) is 3.02. The van der Waals surface area contributed by atoms with Gasteiger partial charge in [-0.3, -0.25) is 4.79 Å². The molecule has 2 nitrogen and oxygen atoms in total. The van der Waals surface area contributed by atoms with Gasteiger partial charge in [-0.1, -0.05) is 28.1 Å². The van der Waals surface area contributed by atoms with E-state index in [1.54, 1.807) is 0 Å². The minimum atomic E-state index is 0.103. The maximum atomic E-state index is 11.5. The van der Waals surface area contributed by atoms with Crippen LogP contribution >= 0.6 is 15.9 Å². The van der Waals surface area contributed by atoms with Gasteiger partial charge in [0.2, 0.25) is 5.91 Å². The molecular formula is C12H14BrNO. The van der Waals surface area contributed by atoms with E-state index in [4.69, 9.17) is 0 Å². The van der Waals surface area contributed by atoms with Gasteiger partial charge in [-0.2, -0.15) is 0 Å². The van der Waals surface area contributed by atoms with E-state index in [1.165, 1.54) is 0 Å². The number of benzene rings is 1. The fourth-order valence-electron chi connectivity index (χ4n) is 1.51. The second-order valence-corrected chi connectivity index (χ2v) is 4.97. The van der Waals surface area contributed by atoms with Crippen LogP contribution in [0.2, 0.25) is 0 Å². The largest absolute Gasteiger partial charge is 0.349 e. The van der Waals surface area contributed by atoms with Crippen molar-refractivity contribution in [3.05, 3.63) is 34.3 Å². The molecule has 0 heterocycles. The number of nitrogens with one attached hydrogen (secondary N) is 1. The van der Waals surface area contributed by atoms with E-state index < -0.39 is 0 Å². The van der Waals surface area contributed by atoms with E-state index in [1.807, 2.05) is 31.2 Å². The first kappa shape index (κ1) is 10.7. The van der Waals surface area contributed by atoms with Gasteiger partial charge in [0.15, 0.2) is 0 Å². The minimum Gasteiger partial charge on any atom is -0.349 e. The molecule has 0 bridgehead atoms. The van der Waals surface area contributed by atoms with Gasteiger partial charge in [0.1, 0.15) is 0 Å². The van der Waals surface area contributed by atoms with Crippen molar-refractivity contribution < 1.29 is 4.79 Å². The third-order valence-electron chi connectivity index (χ3n) is 2.68. The zero-order chi connectivity index (χ0) is 10.8. The lowest BCUT2D eigenvalue weighted by atomic mass is 10.1. The van der Waals surface area contributed by atoms with Crippen LogP contribution in [0.1, 0.15) is 31.4 Å². The lowest BCUT2D eigenvalue weighted by Crippen LogP contribution is -2.27. The van der Waals surface area contributed by atoms with Crippen LogP contribution in [0, 0.1) is 5.92 Å². The van der Waals surface area contributed by atoms with Crippen molar-refractivity contribution in [3.63, 3.8) is 0 Å². The molecule has 80 valence electrons. The Kier molecular flexibility index (Phi) is 3.10. The van der Waals surface area contributed by atoms with Crippen LogP contribution < -0.4 is 5.32 Å². The molecule has 1 aromatic rings. The molecule has 0 aliphatic heterocycles. The molecule has 1 atom stereocenters. The van der Waals surface area contributed by atoms with E-state index >= 15 is 0 Å². The lowest BCUT2D eigenvalue weighted by molar-refractivity contribution is -0.122. The summed E-state index contributed by atoms with van der Waals surface area (Å²) in [6, 6.07) is 8.15. The van der Waals surface area contributed by atoms with E-state index in [9.17, 15) is 4.79 Å². The molecular weight excluding hydrogens is 254 g/mol. The van der Waals surface area contributed by atoms with E-state index in [-0.39, 0.29) is 17.9 Å². The Morgan fingerprint density at radius 3 is 2.53 bits per heavy atom. The van der Waals surface area contributed by atoms with Gasteiger partial charge in [0, 0.05) is 10.4 Å². The molecule has 1 aromatic carbocycles. The van der Waals surface area contributed by atoms with E-state index in [0.29, 0.717) is 0 Å². The first-order valence-electron chi connectivity index (χ1n) is 5.22. The molecule has 0 unspecified atom stereocenters. The van der Waals surface area contributed by atoms with Crippen molar-refractivity contribution >= 4 is 21.8 Å². The molecule has 0 spiro atoms. The SMILES string of the molecule is C[C@@H](NC(=O)C1CC1)c1ccc(Br)cc1. The summed E-state index contributed by atoms with van der Waals surface area (Å²) in [5.74, 6) is 0.480. The Bertz CT molecular complexity index is 356. The van der Waals surface area contributed by atoms with Gasteiger partial charge < -0.3 is 5.32 Å². The Labute approximate surface area is 98.2 Å². The van der Waals surface area contributed by atoms with Gasteiger partial charge in [-0.05, 0) is 37.5 Å². The van der Waals surface area contributed by atoms with Crippen LogP contribution in [0.15, 0.2) is 28.7 Å². The van der Waals surface area contributed by atoms with Gasteiger partial charge in [0.25, 0.3) is 0 Å². The predicted molar refractivity (Wildman–Crippen MR) is 63.4 cm³/mol. The molecule has 1 fully saturated rings. The number of halogens is 1. The number of hydrogen-bond donors (Lipinski definition) is 1. The van der Waals surface area contributed by atoms with Crippen LogP contribution in [-0.2, 0) is 4.79 Å². The highest BCUT2D eigenvalue weighted by molar-refractivity contribution is 9.10.